The van der Waals surface area contributed by atoms with Gasteiger partial charge in [-0.1, -0.05) is 20.8 Å². The second kappa shape index (κ2) is 5.97. The molecule has 3 nitrogen and oxygen atoms in total. The number of nitrogens with two attached hydrogens (primary N) is 1. The van der Waals surface area contributed by atoms with Crippen molar-refractivity contribution in [3.8, 4) is 0 Å². The van der Waals surface area contributed by atoms with E-state index in [9.17, 15) is 4.79 Å². The van der Waals surface area contributed by atoms with Crippen LogP contribution in [-0.4, -0.2) is 19.1 Å². The van der Waals surface area contributed by atoms with Crippen LogP contribution in [0, 0.1) is 5.41 Å². The van der Waals surface area contributed by atoms with Crippen molar-refractivity contribution in [3.05, 3.63) is 0 Å². The van der Waals surface area contributed by atoms with E-state index in [0.717, 1.165) is 26.1 Å². The standard InChI is InChI=1S/C10H21NO2/c1-10(2,3)8-13-7-5-4-6-9(11)12/h4-8H2,1-3H3,(H2,11,12). The van der Waals surface area contributed by atoms with Gasteiger partial charge in [-0.2, -0.15) is 0 Å². The van der Waals surface area contributed by atoms with Gasteiger partial charge >= 0.3 is 0 Å². The Balaban J connectivity index is 3.13. The highest BCUT2D eigenvalue weighted by Crippen LogP contribution is 2.12. The molecule has 0 bridgehead atoms. The van der Waals surface area contributed by atoms with Crippen molar-refractivity contribution in [3.63, 3.8) is 0 Å². The fraction of sp³-hybridized carbons (Fsp3) is 0.900. The quantitative estimate of drug-likeness (QED) is 0.643. The second-order valence-corrected chi connectivity index (χ2v) is 4.54. The van der Waals surface area contributed by atoms with E-state index in [2.05, 4.69) is 20.8 Å². The number of hydrogen-bond donors (Lipinski definition) is 1. The predicted molar refractivity (Wildman–Crippen MR) is 53.3 cm³/mol. The molecule has 0 saturated heterocycles. The van der Waals surface area contributed by atoms with E-state index in [-0.39, 0.29) is 11.3 Å². The molecule has 1 amide bonds. The first-order valence-corrected chi connectivity index (χ1v) is 4.78. The van der Waals surface area contributed by atoms with Crippen molar-refractivity contribution in [2.24, 2.45) is 11.1 Å². The van der Waals surface area contributed by atoms with Crippen molar-refractivity contribution >= 4 is 5.91 Å². The van der Waals surface area contributed by atoms with E-state index in [1.807, 2.05) is 0 Å². The molecule has 0 aromatic heterocycles. The Bertz CT molecular complexity index is 149. The third-order valence-corrected chi connectivity index (χ3v) is 1.50. The van der Waals surface area contributed by atoms with Crippen LogP contribution in [0.5, 0.6) is 0 Å². The Hall–Kier alpha value is -0.570. The summed E-state index contributed by atoms with van der Waals surface area (Å²) < 4.78 is 5.43. The van der Waals surface area contributed by atoms with E-state index in [1.165, 1.54) is 0 Å². The van der Waals surface area contributed by atoms with Crippen molar-refractivity contribution < 1.29 is 9.53 Å². The molecule has 0 saturated carbocycles. The third kappa shape index (κ3) is 11.4. The molecule has 0 aliphatic rings. The Labute approximate surface area is 80.6 Å². The number of primary amides is 1. The highest BCUT2D eigenvalue weighted by molar-refractivity contribution is 5.73. The summed E-state index contributed by atoms with van der Waals surface area (Å²) in [6, 6.07) is 0. The lowest BCUT2D eigenvalue weighted by Gasteiger charge is -2.17. The predicted octanol–water partition coefficient (Wildman–Crippen LogP) is 1.70. The summed E-state index contributed by atoms with van der Waals surface area (Å²) in [5, 5.41) is 0. The number of carbonyl (C=O) groups excluding carboxylic acids is 1. The molecule has 0 aliphatic heterocycles. The van der Waals surface area contributed by atoms with E-state index in [0.29, 0.717) is 6.42 Å². The van der Waals surface area contributed by atoms with E-state index in [4.69, 9.17) is 10.5 Å². The van der Waals surface area contributed by atoms with Crippen LogP contribution in [0.4, 0.5) is 0 Å². The Morgan fingerprint density at radius 2 is 1.92 bits per heavy atom. The highest BCUT2D eigenvalue weighted by Gasteiger charge is 2.09. The van der Waals surface area contributed by atoms with Gasteiger partial charge in [0.1, 0.15) is 0 Å². The molecule has 0 atom stereocenters. The Morgan fingerprint density at radius 1 is 1.31 bits per heavy atom. The van der Waals surface area contributed by atoms with Gasteiger partial charge in [-0.25, -0.2) is 0 Å². The van der Waals surface area contributed by atoms with Crippen molar-refractivity contribution in [2.75, 3.05) is 13.2 Å². The van der Waals surface area contributed by atoms with Crippen molar-refractivity contribution in [1.29, 1.82) is 0 Å². The first-order valence-electron chi connectivity index (χ1n) is 4.78. The number of hydrogen-bond acceptors (Lipinski definition) is 2. The van der Waals surface area contributed by atoms with Crippen LogP contribution in [-0.2, 0) is 9.53 Å². The van der Waals surface area contributed by atoms with Crippen LogP contribution >= 0.6 is 0 Å². The van der Waals surface area contributed by atoms with Gasteiger partial charge in [0.05, 0.1) is 6.61 Å². The van der Waals surface area contributed by atoms with Crippen molar-refractivity contribution in [1.82, 2.24) is 0 Å². The van der Waals surface area contributed by atoms with E-state index in [1.54, 1.807) is 0 Å². The summed E-state index contributed by atoms with van der Waals surface area (Å²) in [4.78, 5) is 10.4. The topological polar surface area (TPSA) is 52.3 Å². The lowest BCUT2D eigenvalue weighted by atomic mass is 9.99. The van der Waals surface area contributed by atoms with Crippen molar-refractivity contribution in [2.45, 2.75) is 40.0 Å². The fourth-order valence-electron chi connectivity index (χ4n) is 0.882. The molecule has 0 radical (unpaired) electrons. The van der Waals surface area contributed by atoms with Gasteiger partial charge in [-0.05, 0) is 18.3 Å². The molecule has 0 spiro atoms. The number of amides is 1. The lowest BCUT2D eigenvalue weighted by Crippen LogP contribution is -2.15. The zero-order valence-electron chi connectivity index (χ0n) is 8.93. The van der Waals surface area contributed by atoms with Gasteiger partial charge in [0, 0.05) is 13.0 Å². The minimum atomic E-state index is -0.226. The average Bonchev–Trinajstić information content (AvgIpc) is 1.93. The zero-order valence-corrected chi connectivity index (χ0v) is 8.93. The maximum Gasteiger partial charge on any atom is 0.217 e. The number of carbonyl (C=O) groups is 1. The molecule has 0 aromatic carbocycles. The molecule has 0 aliphatic carbocycles. The maximum atomic E-state index is 10.4. The molecular weight excluding hydrogens is 166 g/mol. The summed E-state index contributed by atoms with van der Waals surface area (Å²) in [6.45, 7) is 7.90. The SMILES string of the molecule is CC(C)(C)COCCCCC(N)=O. The first kappa shape index (κ1) is 12.4. The van der Waals surface area contributed by atoms with Crippen LogP contribution in [0.3, 0.4) is 0 Å². The molecule has 13 heavy (non-hydrogen) atoms. The van der Waals surface area contributed by atoms with E-state index < -0.39 is 0 Å². The van der Waals surface area contributed by atoms with Gasteiger partial charge < -0.3 is 10.5 Å². The summed E-state index contributed by atoms with van der Waals surface area (Å²) in [5.74, 6) is -0.226. The van der Waals surface area contributed by atoms with Gasteiger partial charge in [0.25, 0.3) is 0 Å². The molecule has 78 valence electrons. The molecular formula is C10H21NO2. The molecule has 0 heterocycles. The smallest absolute Gasteiger partial charge is 0.217 e. The van der Waals surface area contributed by atoms with Gasteiger partial charge in [0.2, 0.25) is 5.91 Å². The minimum Gasteiger partial charge on any atom is -0.381 e. The number of rotatable bonds is 6. The van der Waals surface area contributed by atoms with Crippen LogP contribution < -0.4 is 5.73 Å². The summed E-state index contributed by atoms with van der Waals surface area (Å²) in [5.41, 5.74) is 5.22. The minimum absolute atomic E-state index is 0.226. The van der Waals surface area contributed by atoms with Gasteiger partial charge in [0.15, 0.2) is 0 Å². The van der Waals surface area contributed by atoms with Crippen LogP contribution in [0.15, 0.2) is 0 Å². The molecule has 0 fully saturated rings. The lowest BCUT2D eigenvalue weighted by molar-refractivity contribution is -0.118. The zero-order chi connectivity index (χ0) is 10.3. The van der Waals surface area contributed by atoms with Gasteiger partial charge in [-0.15, -0.1) is 0 Å². The Morgan fingerprint density at radius 3 is 2.38 bits per heavy atom. The largest absolute Gasteiger partial charge is 0.381 e. The first-order chi connectivity index (χ1) is 5.92. The third-order valence-electron chi connectivity index (χ3n) is 1.50. The molecule has 0 rings (SSSR count). The van der Waals surface area contributed by atoms with Crippen LogP contribution in [0.25, 0.3) is 0 Å². The molecule has 0 aromatic rings. The summed E-state index contributed by atoms with van der Waals surface area (Å²) in [7, 11) is 0. The normalized spacial score (nSPS) is 11.6. The number of unbranched alkanes of at least 4 members (excludes halogenated alkanes) is 1. The summed E-state index contributed by atoms with van der Waals surface area (Å²) in [6.07, 6.45) is 2.22. The molecule has 3 heteroatoms. The van der Waals surface area contributed by atoms with Crippen LogP contribution in [0.1, 0.15) is 40.0 Å². The summed E-state index contributed by atoms with van der Waals surface area (Å²) >= 11 is 0. The fourth-order valence-corrected chi connectivity index (χ4v) is 0.882. The maximum absolute atomic E-state index is 10.4. The number of ether oxygens (including phenoxy) is 1. The van der Waals surface area contributed by atoms with Gasteiger partial charge in [-0.3, -0.25) is 4.79 Å². The Kier molecular flexibility index (Phi) is 5.71. The van der Waals surface area contributed by atoms with E-state index >= 15 is 0 Å². The molecule has 0 unspecified atom stereocenters. The van der Waals surface area contributed by atoms with Crippen LogP contribution in [0.2, 0.25) is 0 Å². The average molecular weight is 187 g/mol. The monoisotopic (exact) mass is 187 g/mol. The second-order valence-electron chi connectivity index (χ2n) is 4.54. The highest BCUT2D eigenvalue weighted by atomic mass is 16.5. The molecule has 2 N–H and O–H groups in total.